The molecule has 0 aliphatic rings. The molecule has 0 aromatic rings. The van der Waals surface area contributed by atoms with Gasteiger partial charge in [-0.1, -0.05) is 20.3 Å². The smallest absolute Gasteiger partial charge is 0.328 e. The van der Waals surface area contributed by atoms with Crippen LogP contribution in [0.3, 0.4) is 0 Å². The van der Waals surface area contributed by atoms with Crippen LogP contribution in [0.5, 0.6) is 0 Å². The third-order valence-corrected chi connectivity index (χ3v) is 4.98. The second-order valence-corrected chi connectivity index (χ2v) is 7.77. The minimum absolute atomic E-state index is 0.199. The SMILES string of the molecule is CCC(C)C(N)C(=O)NC(C(=O)NC(CCC(N)=O)C(=O)NC(C(=O)O)C(C)O)C(C)O. The van der Waals surface area contributed by atoms with Crippen molar-refractivity contribution in [2.75, 3.05) is 0 Å². The zero-order valence-electron chi connectivity index (χ0n) is 18.7. The van der Waals surface area contributed by atoms with Gasteiger partial charge in [0.1, 0.15) is 12.1 Å². The normalized spacial score (nSPS) is 17.6. The van der Waals surface area contributed by atoms with E-state index in [2.05, 4.69) is 16.0 Å². The topological polar surface area (TPSA) is 234 Å². The first kappa shape index (κ1) is 29.2. The van der Waals surface area contributed by atoms with E-state index >= 15 is 0 Å². The van der Waals surface area contributed by atoms with E-state index in [9.17, 15) is 34.2 Å². The molecule has 0 aromatic carbocycles. The highest BCUT2D eigenvalue weighted by atomic mass is 16.4. The maximum absolute atomic E-state index is 12.7. The Morgan fingerprint density at radius 3 is 1.75 bits per heavy atom. The number of carbonyl (C=O) groups is 5. The van der Waals surface area contributed by atoms with Gasteiger partial charge in [-0.15, -0.1) is 0 Å². The number of aliphatic hydroxyl groups excluding tert-OH is 2. The monoisotopic (exact) mass is 461 g/mol. The Kier molecular flexibility index (Phi) is 12.4. The first-order valence-corrected chi connectivity index (χ1v) is 10.3. The molecule has 0 fully saturated rings. The summed E-state index contributed by atoms with van der Waals surface area (Å²) in [6.07, 6.45) is -2.83. The summed E-state index contributed by atoms with van der Waals surface area (Å²) in [7, 11) is 0. The van der Waals surface area contributed by atoms with Crippen LogP contribution in [0.15, 0.2) is 0 Å². The minimum Gasteiger partial charge on any atom is -0.480 e. The zero-order valence-corrected chi connectivity index (χ0v) is 18.7. The van der Waals surface area contributed by atoms with Gasteiger partial charge in [-0.05, 0) is 26.2 Å². The molecule has 0 aliphatic carbocycles. The summed E-state index contributed by atoms with van der Waals surface area (Å²) in [5, 5.41) is 35.3. The molecule has 0 saturated carbocycles. The van der Waals surface area contributed by atoms with E-state index in [1.165, 1.54) is 6.92 Å². The Balaban J connectivity index is 5.53. The molecule has 32 heavy (non-hydrogen) atoms. The summed E-state index contributed by atoms with van der Waals surface area (Å²) in [4.78, 5) is 59.9. The second-order valence-electron chi connectivity index (χ2n) is 7.77. The highest BCUT2D eigenvalue weighted by molar-refractivity contribution is 5.94. The molecule has 13 heteroatoms. The third kappa shape index (κ3) is 9.58. The fourth-order valence-corrected chi connectivity index (χ4v) is 2.63. The van der Waals surface area contributed by atoms with Gasteiger partial charge in [-0.3, -0.25) is 19.2 Å². The van der Waals surface area contributed by atoms with Crippen LogP contribution >= 0.6 is 0 Å². The number of nitrogens with one attached hydrogen (secondary N) is 3. The number of carboxylic acid groups (broad SMARTS) is 1. The van der Waals surface area contributed by atoms with Crippen LogP contribution < -0.4 is 27.4 Å². The first-order chi connectivity index (χ1) is 14.7. The van der Waals surface area contributed by atoms with E-state index in [1.54, 1.807) is 6.92 Å². The fraction of sp³-hybridized carbons (Fsp3) is 0.737. The van der Waals surface area contributed by atoms with Crippen molar-refractivity contribution in [3.63, 3.8) is 0 Å². The lowest BCUT2D eigenvalue weighted by atomic mass is 9.98. The summed E-state index contributed by atoms with van der Waals surface area (Å²) in [6, 6.07) is -5.52. The Morgan fingerprint density at radius 1 is 0.844 bits per heavy atom. The number of carbonyl (C=O) groups excluding carboxylic acids is 4. The number of hydrogen-bond donors (Lipinski definition) is 8. The van der Waals surface area contributed by atoms with E-state index in [1.807, 2.05) is 6.92 Å². The Hall–Kier alpha value is -2.77. The van der Waals surface area contributed by atoms with Crippen LogP contribution in [-0.4, -0.2) is 81.3 Å². The molecule has 184 valence electrons. The third-order valence-electron chi connectivity index (χ3n) is 4.98. The number of hydrogen-bond acceptors (Lipinski definition) is 8. The van der Waals surface area contributed by atoms with Gasteiger partial charge in [0, 0.05) is 6.42 Å². The molecule has 13 nitrogen and oxygen atoms in total. The van der Waals surface area contributed by atoms with Crippen molar-refractivity contribution >= 4 is 29.6 Å². The number of nitrogens with two attached hydrogens (primary N) is 2. The molecule has 7 unspecified atom stereocenters. The van der Waals surface area contributed by atoms with Gasteiger partial charge in [0.15, 0.2) is 6.04 Å². The van der Waals surface area contributed by atoms with Gasteiger partial charge in [0.2, 0.25) is 23.6 Å². The average molecular weight is 462 g/mol. The zero-order chi connectivity index (χ0) is 25.2. The van der Waals surface area contributed by atoms with Crippen LogP contribution in [0.2, 0.25) is 0 Å². The van der Waals surface area contributed by atoms with Crippen molar-refractivity contribution in [2.45, 2.75) is 83.3 Å². The highest BCUT2D eigenvalue weighted by Gasteiger charge is 2.34. The van der Waals surface area contributed by atoms with Crippen LogP contribution in [-0.2, 0) is 24.0 Å². The summed E-state index contributed by atoms with van der Waals surface area (Å²) >= 11 is 0. The minimum atomic E-state index is -1.67. The molecule has 10 N–H and O–H groups in total. The number of aliphatic carboxylic acids is 1. The van der Waals surface area contributed by atoms with Crippen molar-refractivity contribution in [3.8, 4) is 0 Å². The summed E-state index contributed by atoms with van der Waals surface area (Å²) in [5.41, 5.74) is 10.9. The van der Waals surface area contributed by atoms with E-state index in [0.717, 1.165) is 6.92 Å². The lowest BCUT2D eigenvalue weighted by Gasteiger charge is -2.27. The predicted octanol–water partition coefficient (Wildman–Crippen LogP) is -3.07. The Bertz CT molecular complexity index is 685. The average Bonchev–Trinajstić information content (AvgIpc) is 2.70. The molecule has 0 aromatic heterocycles. The van der Waals surface area contributed by atoms with Gasteiger partial charge >= 0.3 is 5.97 Å². The van der Waals surface area contributed by atoms with Crippen molar-refractivity contribution < 1.29 is 39.3 Å². The van der Waals surface area contributed by atoms with Crippen LogP contribution in [0, 0.1) is 5.92 Å². The maximum atomic E-state index is 12.7. The van der Waals surface area contributed by atoms with E-state index < -0.39 is 66.0 Å². The number of aliphatic hydroxyl groups is 2. The van der Waals surface area contributed by atoms with Gasteiger partial charge in [-0.2, -0.15) is 0 Å². The molecule has 0 spiro atoms. The Labute approximate surface area is 186 Å². The number of primary amides is 1. The first-order valence-electron chi connectivity index (χ1n) is 10.3. The predicted molar refractivity (Wildman–Crippen MR) is 113 cm³/mol. The van der Waals surface area contributed by atoms with Crippen LogP contribution in [0.25, 0.3) is 0 Å². The molecule has 0 aliphatic heterocycles. The van der Waals surface area contributed by atoms with Crippen molar-refractivity contribution in [1.29, 1.82) is 0 Å². The highest BCUT2D eigenvalue weighted by Crippen LogP contribution is 2.07. The molecule has 4 amide bonds. The molecule has 0 radical (unpaired) electrons. The molecule has 0 bridgehead atoms. The molecule has 0 rings (SSSR count). The fourth-order valence-electron chi connectivity index (χ4n) is 2.63. The van der Waals surface area contributed by atoms with E-state index in [4.69, 9.17) is 16.6 Å². The van der Waals surface area contributed by atoms with Gasteiger partial charge in [-0.25, -0.2) is 4.79 Å². The standard InChI is InChI=1S/C19H35N5O8/c1-5-8(2)13(21)17(29)23-14(9(3)25)18(30)22-11(6-7-12(20)27)16(28)24-15(10(4)26)19(31)32/h8-11,13-15,25-26H,5-7,21H2,1-4H3,(H2,20,27)(H,22,30)(H,23,29)(H,24,28)(H,31,32). The lowest BCUT2D eigenvalue weighted by molar-refractivity contribution is -0.145. The summed E-state index contributed by atoms with van der Waals surface area (Å²) < 4.78 is 0. The quantitative estimate of drug-likeness (QED) is 0.131. The van der Waals surface area contributed by atoms with Gasteiger partial charge < -0.3 is 42.7 Å². The van der Waals surface area contributed by atoms with E-state index in [-0.39, 0.29) is 18.8 Å². The van der Waals surface area contributed by atoms with E-state index in [0.29, 0.717) is 6.42 Å². The molecule has 0 saturated heterocycles. The summed E-state index contributed by atoms with van der Waals surface area (Å²) in [6.45, 7) is 5.96. The molecule has 7 atom stereocenters. The van der Waals surface area contributed by atoms with Crippen molar-refractivity contribution in [1.82, 2.24) is 16.0 Å². The number of rotatable bonds is 14. The van der Waals surface area contributed by atoms with Crippen molar-refractivity contribution in [3.05, 3.63) is 0 Å². The summed E-state index contributed by atoms with van der Waals surface area (Å²) in [5.74, 6) is -5.13. The maximum Gasteiger partial charge on any atom is 0.328 e. The van der Waals surface area contributed by atoms with Gasteiger partial charge in [0.05, 0.1) is 18.2 Å². The largest absolute Gasteiger partial charge is 0.480 e. The Morgan fingerprint density at radius 2 is 1.34 bits per heavy atom. The molecular formula is C19H35N5O8. The molecule has 0 heterocycles. The van der Waals surface area contributed by atoms with Crippen molar-refractivity contribution in [2.24, 2.45) is 17.4 Å². The van der Waals surface area contributed by atoms with Gasteiger partial charge in [0.25, 0.3) is 0 Å². The lowest BCUT2D eigenvalue weighted by Crippen LogP contribution is -2.60. The number of carboxylic acids is 1. The number of amides is 4. The molecular weight excluding hydrogens is 426 g/mol. The van der Waals surface area contributed by atoms with Crippen LogP contribution in [0.4, 0.5) is 0 Å². The second kappa shape index (κ2) is 13.6. The van der Waals surface area contributed by atoms with Crippen LogP contribution in [0.1, 0.15) is 47.0 Å².